The predicted molar refractivity (Wildman–Crippen MR) is 131 cm³/mol. The second-order valence-electron chi connectivity index (χ2n) is 7.22. The quantitative estimate of drug-likeness (QED) is 0.472. The average Bonchev–Trinajstić information content (AvgIpc) is 3.28. The first-order valence-electron chi connectivity index (χ1n) is 10.0. The number of anilines is 2. The van der Waals surface area contributed by atoms with Gasteiger partial charge in [-0.05, 0) is 60.0 Å². The SMILES string of the molecule is O=C(Nc1ccc(S(=O)(=O)N2CCOCC2)cc1)c1sccc1NS(=O)(=O)c1ccc(Cl)cc1. The Balaban J connectivity index is 1.47. The van der Waals surface area contributed by atoms with Crippen molar-refractivity contribution in [2.45, 2.75) is 9.79 Å². The zero-order chi connectivity index (χ0) is 24.3. The van der Waals surface area contributed by atoms with Crippen LogP contribution in [0.15, 0.2) is 69.8 Å². The molecule has 0 unspecified atom stereocenters. The molecule has 1 aliphatic rings. The van der Waals surface area contributed by atoms with Crippen molar-refractivity contribution in [3.05, 3.63) is 69.9 Å². The fraction of sp³-hybridized carbons (Fsp3) is 0.190. The molecule has 0 radical (unpaired) electrons. The highest BCUT2D eigenvalue weighted by Crippen LogP contribution is 2.27. The van der Waals surface area contributed by atoms with E-state index in [4.69, 9.17) is 16.3 Å². The number of rotatable bonds is 7. The summed E-state index contributed by atoms with van der Waals surface area (Å²) in [5, 5.41) is 4.66. The fourth-order valence-corrected chi connectivity index (χ4v) is 6.63. The van der Waals surface area contributed by atoms with E-state index in [-0.39, 0.29) is 33.4 Å². The lowest BCUT2D eigenvalue weighted by Crippen LogP contribution is -2.40. The summed E-state index contributed by atoms with van der Waals surface area (Å²) in [5.41, 5.74) is 0.495. The molecule has 0 bridgehead atoms. The van der Waals surface area contributed by atoms with Gasteiger partial charge in [-0.3, -0.25) is 9.52 Å². The molecule has 0 atom stereocenters. The molecule has 2 aromatic carbocycles. The first-order chi connectivity index (χ1) is 16.2. The Morgan fingerprint density at radius 2 is 1.53 bits per heavy atom. The van der Waals surface area contributed by atoms with E-state index in [1.165, 1.54) is 58.9 Å². The molecule has 4 rings (SSSR count). The van der Waals surface area contributed by atoms with E-state index in [2.05, 4.69) is 10.0 Å². The van der Waals surface area contributed by atoms with Crippen LogP contribution in [0.4, 0.5) is 11.4 Å². The number of sulfonamides is 2. The topological polar surface area (TPSA) is 122 Å². The van der Waals surface area contributed by atoms with Gasteiger partial charge in [0.2, 0.25) is 10.0 Å². The van der Waals surface area contributed by atoms with Crippen molar-refractivity contribution in [2.75, 3.05) is 36.3 Å². The van der Waals surface area contributed by atoms with Crippen molar-refractivity contribution in [3.8, 4) is 0 Å². The summed E-state index contributed by atoms with van der Waals surface area (Å²) < 4.78 is 59.7. The number of thiophene rings is 1. The standard InChI is InChI=1S/C21H20ClN3O6S3/c22-15-1-5-17(6-2-15)33(27,28)24-19-9-14-32-20(19)21(26)23-16-3-7-18(8-4-16)34(29,30)25-10-12-31-13-11-25/h1-9,14,24H,10-13H2,(H,23,26). The molecule has 1 fully saturated rings. The number of carbonyl (C=O) groups excluding carboxylic acids is 1. The third-order valence-corrected chi connectivity index (χ3v) is 9.42. The van der Waals surface area contributed by atoms with E-state index in [0.29, 0.717) is 23.9 Å². The van der Waals surface area contributed by atoms with E-state index in [1.54, 1.807) is 5.38 Å². The first-order valence-corrected chi connectivity index (χ1v) is 14.2. The van der Waals surface area contributed by atoms with Gasteiger partial charge in [0.05, 0.1) is 28.7 Å². The Morgan fingerprint density at radius 1 is 0.912 bits per heavy atom. The molecular weight excluding hydrogens is 522 g/mol. The van der Waals surface area contributed by atoms with Crippen LogP contribution in [0.5, 0.6) is 0 Å². The molecule has 0 aliphatic carbocycles. The molecule has 1 aromatic heterocycles. The number of hydrogen-bond donors (Lipinski definition) is 2. The summed E-state index contributed by atoms with van der Waals surface area (Å²) in [6.45, 7) is 1.26. The molecular formula is C21H20ClN3O6S3. The molecule has 1 saturated heterocycles. The number of hydrogen-bond acceptors (Lipinski definition) is 7. The van der Waals surface area contributed by atoms with Crippen LogP contribution in [-0.2, 0) is 24.8 Å². The Hall–Kier alpha value is -2.48. The van der Waals surface area contributed by atoms with Gasteiger partial charge >= 0.3 is 0 Å². The van der Waals surface area contributed by atoms with Gasteiger partial charge in [-0.15, -0.1) is 11.3 Å². The molecule has 1 aliphatic heterocycles. The maximum Gasteiger partial charge on any atom is 0.267 e. The van der Waals surface area contributed by atoms with Crippen molar-refractivity contribution < 1.29 is 26.4 Å². The molecule has 0 saturated carbocycles. The number of nitrogens with one attached hydrogen (secondary N) is 2. The summed E-state index contributed by atoms with van der Waals surface area (Å²) in [6.07, 6.45) is 0. The zero-order valence-corrected chi connectivity index (χ0v) is 20.8. The van der Waals surface area contributed by atoms with Crippen LogP contribution in [0.3, 0.4) is 0 Å². The lowest BCUT2D eigenvalue weighted by molar-refractivity contribution is 0.0730. The van der Waals surface area contributed by atoms with Gasteiger partial charge in [-0.1, -0.05) is 11.6 Å². The zero-order valence-electron chi connectivity index (χ0n) is 17.6. The maximum absolute atomic E-state index is 12.8. The highest BCUT2D eigenvalue weighted by atomic mass is 35.5. The number of morpholine rings is 1. The van der Waals surface area contributed by atoms with Crippen molar-refractivity contribution in [3.63, 3.8) is 0 Å². The van der Waals surface area contributed by atoms with E-state index in [9.17, 15) is 21.6 Å². The van der Waals surface area contributed by atoms with Crippen molar-refractivity contribution in [2.24, 2.45) is 0 Å². The minimum absolute atomic E-state index is 0.00604. The second-order valence-corrected chi connectivity index (χ2v) is 12.2. The summed E-state index contributed by atoms with van der Waals surface area (Å²) in [6, 6.07) is 12.9. The lowest BCUT2D eigenvalue weighted by atomic mass is 10.3. The Kier molecular flexibility index (Phi) is 7.26. The van der Waals surface area contributed by atoms with E-state index >= 15 is 0 Å². The largest absolute Gasteiger partial charge is 0.379 e. The number of nitrogens with zero attached hydrogens (tertiary/aromatic N) is 1. The Labute approximate surface area is 206 Å². The number of carbonyl (C=O) groups is 1. The third-order valence-electron chi connectivity index (χ3n) is 4.96. The predicted octanol–water partition coefficient (Wildman–Crippen LogP) is 3.48. The van der Waals surface area contributed by atoms with Gasteiger partial charge < -0.3 is 10.1 Å². The minimum atomic E-state index is -3.92. The smallest absolute Gasteiger partial charge is 0.267 e. The van der Waals surface area contributed by atoms with Gasteiger partial charge in [0.1, 0.15) is 4.88 Å². The van der Waals surface area contributed by atoms with Gasteiger partial charge in [-0.2, -0.15) is 4.31 Å². The van der Waals surface area contributed by atoms with Crippen molar-refractivity contribution in [1.29, 1.82) is 0 Å². The molecule has 2 N–H and O–H groups in total. The fourth-order valence-electron chi connectivity index (χ4n) is 3.22. The van der Waals surface area contributed by atoms with Crippen LogP contribution in [0.2, 0.25) is 5.02 Å². The number of benzene rings is 2. The monoisotopic (exact) mass is 541 g/mol. The molecule has 3 aromatic rings. The molecule has 0 spiro atoms. The summed E-state index contributed by atoms with van der Waals surface area (Å²) in [4.78, 5) is 13.1. The molecule has 2 heterocycles. The summed E-state index contributed by atoms with van der Waals surface area (Å²) >= 11 is 6.88. The van der Waals surface area contributed by atoms with Crippen LogP contribution in [0.1, 0.15) is 9.67 Å². The number of ether oxygens (including phenoxy) is 1. The molecule has 9 nitrogen and oxygen atoms in total. The summed E-state index contributed by atoms with van der Waals surface area (Å²) in [5.74, 6) is -0.535. The van der Waals surface area contributed by atoms with Crippen molar-refractivity contribution in [1.82, 2.24) is 4.31 Å². The third kappa shape index (κ3) is 5.43. The van der Waals surface area contributed by atoms with Crippen LogP contribution in [0.25, 0.3) is 0 Å². The molecule has 13 heteroatoms. The Bertz CT molecular complexity index is 1380. The van der Waals surface area contributed by atoms with E-state index in [1.807, 2.05) is 0 Å². The molecule has 34 heavy (non-hydrogen) atoms. The molecule has 1 amide bonds. The van der Waals surface area contributed by atoms with Gasteiger partial charge in [0, 0.05) is 23.8 Å². The second kappa shape index (κ2) is 10.0. The van der Waals surface area contributed by atoms with Gasteiger partial charge in [0.25, 0.3) is 15.9 Å². The molecule has 180 valence electrons. The van der Waals surface area contributed by atoms with E-state index < -0.39 is 26.0 Å². The number of halogens is 1. The lowest BCUT2D eigenvalue weighted by Gasteiger charge is -2.26. The Morgan fingerprint density at radius 3 is 2.18 bits per heavy atom. The van der Waals surface area contributed by atoms with Crippen molar-refractivity contribution >= 4 is 60.3 Å². The van der Waals surface area contributed by atoms with Crippen LogP contribution in [-0.4, -0.2) is 53.4 Å². The minimum Gasteiger partial charge on any atom is -0.379 e. The van der Waals surface area contributed by atoms with Crippen LogP contribution in [0, 0.1) is 0 Å². The number of amides is 1. The van der Waals surface area contributed by atoms with Crippen LogP contribution < -0.4 is 10.0 Å². The van der Waals surface area contributed by atoms with Crippen LogP contribution >= 0.6 is 22.9 Å². The highest BCUT2D eigenvalue weighted by molar-refractivity contribution is 7.92. The van der Waals surface area contributed by atoms with Gasteiger partial charge in [0.15, 0.2) is 0 Å². The maximum atomic E-state index is 12.8. The first kappa shape index (κ1) is 24.6. The summed E-state index contributed by atoms with van der Waals surface area (Å²) in [7, 11) is -7.57. The normalized spacial score (nSPS) is 15.1. The van der Waals surface area contributed by atoms with Gasteiger partial charge in [-0.25, -0.2) is 16.8 Å². The highest BCUT2D eigenvalue weighted by Gasteiger charge is 2.26. The average molecular weight is 542 g/mol. The van der Waals surface area contributed by atoms with E-state index in [0.717, 1.165) is 11.3 Å².